The van der Waals surface area contributed by atoms with Gasteiger partial charge in [0.15, 0.2) is 5.54 Å². The zero-order valence-electron chi connectivity index (χ0n) is 14.8. The number of carbonyl (C=O) groups excluding carboxylic acids is 1. The van der Waals surface area contributed by atoms with Crippen LogP contribution in [0.2, 0.25) is 5.02 Å². The topological polar surface area (TPSA) is 99.1 Å². The fourth-order valence-corrected chi connectivity index (χ4v) is 3.79. The summed E-state index contributed by atoms with van der Waals surface area (Å²) in [5.41, 5.74) is -0.984. The van der Waals surface area contributed by atoms with E-state index < -0.39 is 23.2 Å². The van der Waals surface area contributed by atoms with Crippen molar-refractivity contribution >= 4 is 45.3 Å². The van der Waals surface area contributed by atoms with E-state index >= 15 is 0 Å². The number of halogens is 2. The highest BCUT2D eigenvalue weighted by molar-refractivity contribution is 9.10. The molecule has 1 amide bonds. The predicted molar refractivity (Wildman–Crippen MR) is 102 cm³/mol. The van der Waals surface area contributed by atoms with Gasteiger partial charge in [-0.05, 0) is 32.9 Å². The van der Waals surface area contributed by atoms with E-state index in [-0.39, 0.29) is 19.6 Å². The molecule has 1 aromatic carbocycles. The maximum Gasteiger partial charge on any atom is 0.408 e. The van der Waals surface area contributed by atoms with Crippen LogP contribution in [-0.2, 0) is 16.1 Å². The SMILES string of the molecule is CC(C)(C)OC(=O)N[C@]1(C(=O)O)CCN(c2cc(Cl)cc(Br)c2CO)C1. The van der Waals surface area contributed by atoms with Crippen molar-refractivity contribution in [2.75, 3.05) is 18.0 Å². The van der Waals surface area contributed by atoms with Crippen molar-refractivity contribution in [2.45, 2.75) is 44.9 Å². The molecule has 9 heteroatoms. The van der Waals surface area contributed by atoms with Gasteiger partial charge in [-0.15, -0.1) is 0 Å². The molecular formula is C17H22BrClN2O5. The highest BCUT2D eigenvalue weighted by atomic mass is 79.9. The zero-order chi connectivity index (χ0) is 19.7. The van der Waals surface area contributed by atoms with Crippen LogP contribution in [0.3, 0.4) is 0 Å². The smallest absolute Gasteiger partial charge is 0.408 e. The highest BCUT2D eigenvalue weighted by Crippen LogP contribution is 2.36. The van der Waals surface area contributed by atoms with Crippen molar-refractivity contribution in [2.24, 2.45) is 0 Å². The van der Waals surface area contributed by atoms with Gasteiger partial charge in [-0.1, -0.05) is 27.5 Å². The minimum Gasteiger partial charge on any atom is -0.479 e. The lowest BCUT2D eigenvalue weighted by atomic mass is 9.99. The number of alkyl carbamates (subject to hydrolysis) is 1. The van der Waals surface area contributed by atoms with Crippen LogP contribution in [0.4, 0.5) is 10.5 Å². The highest BCUT2D eigenvalue weighted by Gasteiger charge is 2.47. The number of hydrogen-bond donors (Lipinski definition) is 3. The summed E-state index contributed by atoms with van der Waals surface area (Å²) in [6.45, 7) is 5.29. The van der Waals surface area contributed by atoms with E-state index in [1.165, 1.54) is 0 Å². The molecule has 144 valence electrons. The number of ether oxygens (including phenoxy) is 1. The summed E-state index contributed by atoms with van der Waals surface area (Å²) in [6, 6.07) is 3.33. The molecule has 26 heavy (non-hydrogen) atoms. The van der Waals surface area contributed by atoms with Crippen LogP contribution in [-0.4, -0.2) is 46.5 Å². The van der Waals surface area contributed by atoms with Crippen molar-refractivity contribution in [1.29, 1.82) is 0 Å². The van der Waals surface area contributed by atoms with Crippen LogP contribution in [0.25, 0.3) is 0 Å². The number of aliphatic carboxylic acids is 1. The van der Waals surface area contributed by atoms with Gasteiger partial charge >= 0.3 is 12.1 Å². The molecule has 1 fully saturated rings. The van der Waals surface area contributed by atoms with Crippen molar-refractivity contribution in [3.63, 3.8) is 0 Å². The van der Waals surface area contributed by atoms with Crippen LogP contribution >= 0.6 is 27.5 Å². The number of hydrogen-bond acceptors (Lipinski definition) is 5. The molecule has 0 radical (unpaired) electrons. The van der Waals surface area contributed by atoms with E-state index in [0.29, 0.717) is 27.3 Å². The lowest BCUT2D eigenvalue weighted by molar-refractivity contribution is -0.143. The molecule has 0 aromatic heterocycles. The number of nitrogens with one attached hydrogen (secondary N) is 1. The number of aliphatic hydroxyl groups is 1. The van der Waals surface area contributed by atoms with Crippen molar-refractivity contribution in [1.82, 2.24) is 5.32 Å². The first-order valence-corrected chi connectivity index (χ1v) is 9.23. The lowest BCUT2D eigenvalue weighted by Gasteiger charge is -2.29. The van der Waals surface area contributed by atoms with E-state index in [4.69, 9.17) is 16.3 Å². The standard InChI is InChI=1S/C17H22BrClN2O5/c1-16(2,3)26-15(25)20-17(14(23)24)4-5-21(9-17)13-7-10(19)6-12(18)11(13)8-22/h6-7,22H,4-5,8-9H2,1-3H3,(H,20,25)(H,23,24)/t17-/m1/s1. The minimum atomic E-state index is -1.48. The van der Waals surface area contributed by atoms with Crippen LogP contribution in [0.1, 0.15) is 32.8 Å². The largest absolute Gasteiger partial charge is 0.479 e. The zero-order valence-corrected chi connectivity index (χ0v) is 17.1. The van der Waals surface area contributed by atoms with E-state index in [2.05, 4.69) is 21.2 Å². The van der Waals surface area contributed by atoms with Gasteiger partial charge in [0.1, 0.15) is 5.60 Å². The second-order valence-corrected chi connectivity index (χ2v) is 8.52. The monoisotopic (exact) mass is 448 g/mol. The van der Waals surface area contributed by atoms with Gasteiger partial charge in [-0.25, -0.2) is 9.59 Å². The molecule has 1 atom stereocenters. The first kappa shape index (κ1) is 20.8. The molecule has 7 nitrogen and oxygen atoms in total. The van der Waals surface area contributed by atoms with Gasteiger partial charge < -0.3 is 25.2 Å². The summed E-state index contributed by atoms with van der Waals surface area (Å²) >= 11 is 9.46. The third-order valence-corrected chi connectivity index (χ3v) is 4.98. The Morgan fingerprint density at radius 3 is 2.62 bits per heavy atom. The molecule has 1 aliphatic heterocycles. The summed E-state index contributed by atoms with van der Waals surface area (Å²) in [5, 5.41) is 22.3. The number of amides is 1. The number of aliphatic hydroxyl groups excluding tert-OH is 1. The number of carbonyl (C=O) groups is 2. The van der Waals surface area contributed by atoms with Gasteiger partial charge in [0.05, 0.1) is 13.2 Å². The van der Waals surface area contributed by atoms with Crippen molar-refractivity contribution in [3.8, 4) is 0 Å². The van der Waals surface area contributed by atoms with E-state index in [9.17, 15) is 19.8 Å². The Hall–Kier alpha value is -1.51. The second kappa shape index (κ2) is 7.62. The Morgan fingerprint density at radius 1 is 1.42 bits per heavy atom. The Labute approximate surface area is 165 Å². The van der Waals surface area contributed by atoms with Gasteiger partial charge in [-0.3, -0.25) is 0 Å². The first-order chi connectivity index (χ1) is 12.0. The van der Waals surface area contributed by atoms with Gasteiger partial charge in [0, 0.05) is 33.7 Å². The molecule has 1 aromatic rings. The predicted octanol–water partition coefficient (Wildman–Crippen LogP) is 3.15. The molecule has 1 aliphatic rings. The molecule has 0 spiro atoms. The van der Waals surface area contributed by atoms with Crippen LogP contribution in [0.15, 0.2) is 16.6 Å². The number of carboxylic acids is 1. The average Bonchev–Trinajstić information content (AvgIpc) is 2.89. The Kier molecular flexibility index (Phi) is 6.09. The van der Waals surface area contributed by atoms with Crippen LogP contribution < -0.4 is 10.2 Å². The molecule has 0 bridgehead atoms. The molecule has 0 aliphatic carbocycles. The molecule has 1 heterocycles. The Morgan fingerprint density at radius 2 is 2.08 bits per heavy atom. The summed E-state index contributed by atoms with van der Waals surface area (Å²) < 4.78 is 5.83. The molecule has 3 N–H and O–H groups in total. The van der Waals surface area contributed by atoms with Crippen LogP contribution in [0.5, 0.6) is 0 Å². The van der Waals surface area contributed by atoms with Gasteiger partial charge in [0.2, 0.25) is 0 Å². The molecular weight excluding hydrogens is 428 g/mol. The second-order valence-electron chi connectivity index (χ2n) is 7.23. The fraction of sp³-hybridized carbons (Fsp3) is 0.529. The fourth-order valence-electron chi connectivity index (χ4n) is 2.87. The van der Waals surface area contributed by atoms with Crippen molar-refractivity contribution in [3.05, 3.63) is 27.2 Å². The Balaban J connectivity index is 2.28. The average molecular weight is 450 g/mol. The Bertz CT molecular complexity index is 722. The quantitative estimate of drug-likeness (QED) is 0.653. The lowest BCUT2D eigenvalue weighted by Crippen LogP contribution is -2.57. The summed E-state index contributed by atoms with van der Waals surface area (Å²) in [7, 11) is 0. The summed E-state index contributed by atoms with van der Waals surface area (Å²) in [5.74, 6) is -1.14. The normalized spacial score (nSPS) is 20.2. The van der Waals surface area contributed by atoms with E-state index in [1.54, 1.807) is 37.8 Å². The minimum absolute atomic E-state index is 0.0291. The molecule has 0 unspecified atom stereocenters. The maximum atomic E-state index is 12.1. The molecule has 2 rings (SSSR count). The number of anilines is 1. The van der Waals surface area contributed by atoms with E-state index in [1.807, 2.05) is 0 Å². The summed E-state index contributed by atoms with van der Waals surface area (Å²) in [4.78, 5) is 25.8. The van der Waals surface area contributed by atoms with Gasteiger partial charge in [0.25, 0.3) is 0 Å². The van der Waals surface area contributed by atoms with Crippen molar-refractivity contribution < 1.29 is 24.5 Å². The van der Waals surface area contributed by atoms with E-state index in [0.717, 1.165) is 0 Å². The number of rotatable bonds is 4. The maximum absolute atomic E-state index is 12.1. The van der Waals surface area contributed by atoms with Crippen LogP contribution in [0, 0.1) is 0 Å². The number of benzene rings is 1. The third kappa shape index (κ3) is 4.61. The third-order valence-electron chi connectivity index (χ3n) is 4.05. The molecule has 0 saturated carbocycles. The first-order valence-electron chi connectivity index (χ1n) is 8.06. The summed E-state index contributed by atoms with van der Waals surface area (Å²) in [6.07, 6.45) is -0.590. The number of nitrogens with zero attached hydrogens (tertiary/aromatic N) is 1. The number of carboxylic acid groups (broad SMARTS) is 1. The molecule has 1 saturated heterocycles. The van der Waals surface area contributed by atoms with Gasteiger partial charge in [-0.2, -0.15) is 0 Å².